The minimum Gasteiger partial charge on any atom is -0.325 e. The predicted octanol–water partition coefficient (Wildman–Crippen LogP) is 4.12. The lowest BCUT2D eigenvalue weighted by atomic mass is 10.1. The van der Waals surface area contributed by atoms with Crippen molar-refractivity contribution in [1.29, 1.82) is 0 Å². The van der Waals surface area contributed by atoms with Crippen LogP contribution in [-0.2, 0) is 11.2 Å². The number of rotatable bonds is 5. The first-order valence-electron chi connectivity index (χ1n) is 6.45. The molecular weight excluding hydrogens is 273 g/mol. The number of amides is 1. The zero-order chi connectivity index (χ0) is 14.4. The van der Waals surface area contributed by atoms with Gasteiger partial charge in [0.1, 0.15) is 5.82 Å². The molecule has 0 saturated carbocycles. The zero-order valence-electron chi connectivity index (χ0n) is 11.2. The zero-order valence-corrected chi connectivity index (χ0v) is 12.0. The summed E-state index contributed by atoms with van der Waals surface area (Å²) in [5.74, 6) is -0.234. The highest BCUT2D eigenvalue weighted by Gasteiger charge is 2.06. The lowest BCUT2D eigenvalue weighted by molar-refractivity contribution is -0.113. The molecule has 2 aromatic rings. The van der Waals surface area contributed by atoms with Gasteiger partial charge in [0.05, 0.1) is 5.75 Å². The van der Waals surface area contributed by atoms with Gasteiger partial charge in [0.2, 0.25) is 5.91 Å². The highest BCUT2D eigenvalue weighted by molar-refractivity contribution is 8.00. The average Bonchev–Trinajstić information content (AvgIpc) is 2.46. The predicted molar refractivity (Wildman–Crippen MR) is 81.6 cm³/mol. The van der Waals surface area contributed by atoms with Crippen LogP contribution in [-0.4, -0.2) is 11.7 Å². The molecule has 0 saturated heterocycles. The number of halogens is 1. The minimum absolute atomic E-state index is 0.133. The van der Waals surface area contributed by atoms with Gasteiger partial charge in [-0.15, -0.1) is 11.8 Å². The van der Waals surface area contributed by atoms with Crippen molar-refractivity contribution in [1.82, 2.24) is 0 Å². The number of nitrogens with one attached hydrogen (secondary N) is 1. The van der Waals surface area contributed by atoms with Crippen molar-refractivity contribution in [3.63, 3.8) is 0 Å². The molecule has 2 aromatic carbocycles. The molecule has 0 aliphatic heterocycles. The van der Waals surface area contributed by atoms with Crippen LogP contribution in [0.25, 0.3) is 0 Å². The Bertz CT molecular complexity index is 601. The normalized spacial score (nSPS) is 10.3. The molecule has 2 rings (SSSR count). The minimum atomic E-state index is -0.293. The summed E-state index contributed by atoms with van der Waals surface area (Å²) in [6, 6.07) is 14.2. The molecule has 0 spiro atoms. The standard InChI is InChI=1S/C16H16FNOS/c1-2-12-6-5-7-13(10-12)18-16(19)11-20-15-9-4-3-8-14(15)17/h3-10H,2,11H2,1H3,(H,18,19). The summed E-state index contributed by atoms with van der Waals surface area (Å²) >= 11 is 1.20. The van der Waals surface area contributed by atoms with E-state index in [1.54, 1.807) is 18.2 Å². The van der Waals surface area contributed by atoms with Gasteiger partial charge in [0.25, 0.3) is 0 Å². The van der Waals surface area contributed by atoms with Gasteiger partial charge < -0.3 is 5.32 Å². The summed E-state index contributed by atoms with van der Waals surface area (Å²) in [7, 11) is 0. The highest BCUT2D eigenvalue weighted by Crippen LogP contribution is 2.21. The number of anilines is 1. The van der Waals surface area contributed by atoms with E-state index in [0.717, 1.165) is 12.1 Å². The van der Waals surface area contributed by atoms with Crippen LogP contribution in [0.4, 0.5) is 10.1 Å². The van der Waals surface area contributed by atoms with Crippen molar-refractivity contribution >= 4 is 23.4 Å². The van der Waals surface area contributed by atoms with E-state index in [4.69, 9.17) is 0 Å². The third kappa shape index (κ3) is 4.10. The molecule has 1 N–H and O–H groups in total. The summed E-state index contributed by atoms with van der Waals surface area (Å²) in [5, 5.41) is 2.82. The van der Waals surface area contributed by atoms with E-state index >= 15 is 0 Å². The molecule has 2 nitrogen and oxygen atoms in total. The maximum Gasteiger partial charge on any atom is 0.234 e. The number of carbonyl (C=O) groups is 1. The lowest BCUT2D eigenvalue weighted by Gasteiger charge is -2.07. The van der Waals surface area contributed by atoms with E-state index in [9.17, 15) is 9.18 Å². The maximum absolute atomic E-state index is 13.4. The first kappa shape index (κ1) is 14.6. The summed E-state index contributed by atoms with van der Waals surface area (Å²) < 4.78 is 13.4. The summed E-state index contributed by atoms with van der Waals surface area (Å²) in [6.07, 6.45) is 0.924. The summed E-state index contributed by atoms with van der Waals surface area (Å²) in [6.45, 7) is 2.06. The van der Waals surface area contributed by atoms with Crippen LogP contribution in [0.15, 0.2) is 53.4 Å². The van der Waals surface area contributed by atoms with Crippen LogP contribution in [0.2, 0.25) is 0 Å². The third-order valence-electron chi connectivity index (χ3n) is 2.81. The molecular formula is C16H16FNOS. The topological polar surface area (TPSA) is 29.1 Å². The fourth-order valence-electron chi connectivity index (χ4n) is 1.77. The number of carbonyl (C=O) groups excluding carboxylic acids is 1. The molecule has 20 heavy (non-hydrogen) atoms. The SMILES string of the molecule is CCc1cccc(NC(=O)CSc2ccccc2F)c1. The molecule has 0 aromatic heterocycles. The van der Waals surface area contributed by atoms with Crippen LogP contribution in [0.3, 0.4) is 0 Å². The Labute approximate surface area is 122 Å². The van der Waals surface area contributed by atoms with E-state index in [1.807, 2.05) is 24.3 Å². The lowest BCUT2D eigenvalue weighted by Crippen LogP contribution is -2.14. The fraction of sp³-hybridized carbons (Fsp3) is 0.188. The van der Waals surface area contributed by atoms with Gasteiger partial charge in [-0.1, -0.05) is 31.2 Å². The third-order valence-corrected chi connectivity index (χ3v) is 3.86. The van der Waals surface area contributed by atoms with Gasteiger partial charge in [-0.05, 0) is 36.2 Å². The Morgan fingerprint density at radius 2 is 2.00 bits per heavy atom. The molecule has 0 atom stereocenters. The molecule has 0 heterocycles. The first-order valence-corrected chi connectivity index (χ1v) is 7.43. The van der Waals surface area contributed by atoms with Gasteiger partial charge in [-0.3, -0.25) is 4.79 Å². The second-order valence-corrected chi connectivity index (χ2v) is 5.34. The molecule has 0 fully saturated rings. The Morgan fingerprint density at radius 1 is 1.20 bits per heavy atom. The molecule has 1 amide bonds. The van der Waals surface area contributed by atoms with Crippen molar-refractivity contribution in [2.75, 3.05) is 11.1 Å². The van der Waals surface area contributed by atoms with Crippen LogP contribution in [0, 0.1) is 5.82 Å². The highest BCUT2D eigenvalue weighted by atomic mass is 32.2. The molecule has 0 aliphatic carbocycles. The summed E-state index contributed by atoms with van der Waals surface area (Å²) in [4.78, 5) is 12.3. The van der Waals surface area contributed by atoms with Crippen molar-refractivity contribution in [3.8, 4) is 0 Å². The van der Waals surface area contributed by atoms with Crippen LogP contribution in [0.5, 0.6) is 0 Å². The van der Waals surface area contributed by atoms with Crippen LogP contribution in [0.1, 0.15) is 12.5 Å². The van der Waals surface area contributed by atoms with Crippen LogP contribution < -0.4 is 5.32 Å². The second-order valence-electron chi connectivity index (χ2n) is 4.32. The van der Waals surface area contributed by atoms with Crippen molar-refractivity contribution in [2.24, 2.45) is 0 Å². The molecule has 0 bridgehead atoms. The quantitative estimate of drug-likeness (QED) is 0.839. The van der Waals surface area contributed by atoms with Crippen LogP contribution >= 0.6 is 11.8 Å². The first-order chi connectivity index (χ1) is 9.69. The molecule has 104 valence electrons. The van der Waals surface area contributed by atoms with E-state index < -0.39 is 0 Å². The maximum atomic E-state index is 13.4. The number of aryl methyl sites for hydroxylation is 1. The van der Waals surface area contributed by atoms with E-state index in [1.165, 1.54) is 23.4 Å². The van der Waals surface area contributed by atoms with Gasteiger partial charge in [-0.25, -0.2) is 4.39 Å². The Kier molecular flexibility index (Phi) is 5.18. The smallest absolute Gasteiger partial charge is 0.234 e. The number of hydrogen-bond acceptors (Lipinski definition) is 2. The fourth-order valence-corrected chi connectivity index (χ4v) is 2.51. The second kappa shape index (κ2) is 7.10. The van der Waals surface area contributed by atoms with Crippen molar-refractivity contribution in [3.05, 3.63) is 59.9 Å². The van der Waals surface area contributed by atoms with E-state index in [0.29, 0.717) is 4.90 Å². The Morgan fingerprint density at radius 3 is 2.75 bits per heavy atom. The number of hydrogen-bond donors (Lipinski definition) is 1. The molecule has 0 unspecified atom stereocenters. The molecule has 4 heteroatoms. The number of benzene rings is 2. The van der Waals surface area contributed by atoms with E-state index in [2.05, 4.69) is 12.2 Å². The largest absolute Gasteiger partial charge is 0.325 e. The molecule has 0 aliphatic rings. The monoisotopic (exact) mass is 289 g/mol. The Balaban J connectivity index is 1.91. The number of thioether (sulfide) groups is 1. The van der Waals surface area contributed by atoms with Crippen molar-refractivity contribution < 1.29 is 9.18 Å². The van der Waals surface area contributed by atoms with Gasteiger partial charge >= 0.3 is 0 Å². The Hall–Kier alpha value is -1.81. The summed E-state index contributed by atoms with van der Waals surface area (Å²) in [5.41, 5.74) is 1.95. The van der Waals surface area contributed by atoms with Gasteiger partial charge in [0.15, 0.2) is 0 Å². The van der Waals surface area contributed by atoms with Gasteiger partial charge in [0, 0.05) is 10.6 Å². The van der Waals surface area contributed by atoms with E-state index in [-0.39, 0.29) is 17.5 Å². The van der Waals surface area contributed by atoms with Crippen molar-refractivity contribution in [2.45, 2.75) is 18.2 Å². The average molecular weight is 289 g/mol. The van der Waals surface area contributed by atoms with Gasteiger partial charge in [-0.2, -0.15) is 0 Å². The molecule has 0 radical (unpaired) electrons.